The highest BCUT2D eigenvalue weighted by Crippen LogP contribution is 2.34. The molecular weight excluding hydrogens is 386 g/mol. The van der Waals surface area contributed by atoms with E-state index >= 15 is 0 Å². The van der Waals surface area contributed by atoms with Gasteiger partial charge in [-0.25, -0.2) is 9.97 Å². The lowest BCUT2D eigenvalue weighted by Crippen LogP contribution is -2.40. The molecule has 3 rings (SSSR count). The number of fused-ring (bicyclic) bond motifs is 1. The first kappa shape index (κ1) is 23.2. The summed E-state index contributed by atoms with van der Waals surface area (Å²) in [6.45, 7) is 13.8. The highest BCUT2D eigenvalue weighted by atomic mass is 15.1. The Morgan fingerprint density at radius 1 is 1.13 bits per heavy atom. The van der Waals surface area contributed by atoms with Gasteiger partial charge in [0.25, 0.3) is 0 Å². The number of nitrogens with zero attached hydrogens (tertiary/aromatic N) is 4. The normalized spacial score (nSPS) is 18.8. The molecule has 1 aliphatic rings. The number of hydrogen-bond donors (Lipinski definition) is 3. The second-order valence-corrected chi connectivity index (χ2v) is 8.70. The number of anilines is 2. The summed E-state index contributed by atoms with van der Waals surface area (Å²) < 4.78 is 0. The zero-order chi connectivity index (χ0) is 22.6. The SMILES string of the molecule is CCN(CC)CCCC(C)Nc1nc(C)cc(C2(N)C=Cc3nc(C)cc(N)c3C2)n1. The minimum absolute atomic E-state index is 0.282. The Balaban J connectivity index is 1.74. The number of aryl methyl sites for hydroxylation is 2. The lowest BCUT2D eigenvalue weighted by Gasteiger charge is -2.30. The van der Waals surface area contributed by atoms with Crippen LogP contribution >= 0.6 is 0 Å². The van der Waals surface area contributed by atoms with E-state index in [9.17, 15) is 0 Å². The molecular formula is C24H37N7. The van der Waals surface area contributed by atoms with E-state index in [4.69, 9.17) is 16.5 Å². The largest absolute Gasteiger partial charge is 0.398 e. The van der Waals surface area contributed by atoms with Gasteiger partial charge in [-0.2, -0.15) is 0 Å². The Bertz CT molecular complexity index is 936. The molecule has 7 nitrogen and oxygen atoms in total. The predicted molar refractivity (Wildman–Crippen MR) is 129 cm³/mol. The predicted octanol–water partition coefficient (Wildman–Crippen LogP) is 3.42. The van der Waals surface area contributed by atoms with Gasteiger partial charge in [-0.15, -0.1) is 0 Å². The van der Waals surface area contributed by atoms with E-state index in [1.165, 1.54) is 0 Å². The summed E-state index contributed by atoms with van der Waals surface area (Å²) >= 11 is 0. The third-order valence-electron chi connectivity index (χ3n) is 6.04. The Hall–Kier alpha value is -2.51. The monoisotopic (exact) mass is 423 g/mol. The van der Waals surface area contributed by atoms with Crippen LogP contribution in [0.5, 0.6) is 0 Å². The van der Waals surface area contributed by atoms with Gasteiger partial charge in [-0.05, 0) is 71.5 Å². The van der Waals surface area contributed by atoms with Gasteiger partial charge in [0.1, 0.15) is 0 Å². The average Bonchev–Trinajstić information content (AvgIpc) is 2.71. The standard InChI is InChI=1S/C24H37N7/c1-6-31(7-2)12-8-9-16(3)28-23-29-18(5)14-22(30-23)24(26)11-10-21-19(15-24)20(25)13-17(4)27-21/h10-11,13-14,16H,6-9,12,15,26H2,1-5H3,(H2,25,27)(H,28,29,30). The molecule has 1 aliphatic carbocycles. The van der Waals surface area contributed by atoms with Gasteiger partial charge in [0.05, 0.1) is 16.9 Å². The van der Waals surface area contributed by atoms with E-state index in [-0.39, 0.29) is 6.04 Å². The summed E-state index contributed by atoms with van der Waals surface area (Å²) in [5, 5.41) is 3.47. The molecule has 7 heteroatoms. The molecule has 0 saturated heterocycles. The van der Waals surface area contributed by atoms with Gasteiger partial charge < -0.3 is 21.7 Å². The van der Waals surface area contributed by atoms with Gasteiger partial charge in [0, 0.05) is 35.1 Å². The van der Waals surface area contributed by atoms with Crippen LogP contribution in [0.1, 0.15) is 62.0 Å². The van der Waals surface area contributed by atoms with Crippen LogP contribution in [0.3, 0.4) is 0 Å². The molecule has 168 valence electrons. The first-order chi connectivity index (χ1) is 14.7. The maximum atomic E-state index is 6.82. The average molecular weight is 424 g/mol. The molecule has 5 N–H and O–H groups in total. The Morgan fingerprint density at radius 3 is 2.55 bits per heavy atom. The highest BCUT2D eigenvalue weighted by Gasteiger charge is 2.32. The van der Waals surface area contributed by atoms with Crippen LogP contribution in [0.25, 0.3) is 6.08 Å². The smallest absolute Gasteiger partial charge is 0.223 e. The molecule has 0 radical (unpaired) electrons. The maximum absolute atomic E-state index is 6.82. The molecule has 0 aliphatic heterocycles. The number of nitrogens with one attached hydrogen (secondary N) is 1. The number of rotatable bonds is 9. The van der Waals surface area contributed by atoms with Crippen molar-refractivity contribution in [1.82, 2.24) is 19.9 Å². The Kier molecular flexibility index (Phi) is 7.28. The molecule has 31 heavy (non-hydrogen) atoms. The molecule has 0 bridgehead atoms. The van der Waals surface area contributed by atoms with Gasteiger partial charge in [-0.3, -0.25) is 4.98 Å². The first-order valence-corrected chi connectivity index (χ1v) is 11.3. The highest BCUT2D eigenvalue weighted by molar-refractivity contribution is 5.65. The molecule has 0 aromatic carbocycles. The van der Waals surface area contributed by atoms with E-state index in [1.54, 1.807) is 0 Å². The second kappa shape index (κ2) is 9.75. The van der Waals surface area contributed by atoms with Crippen LogP contribution in [0.2, 0.25) is 0 Å². The summed E-state index contributed by atoms with van der Waals surface area (Å²) in [5.41, 5.74) is 17.5. The maximum Gasteiger partial charge on any atom is 0.223 e. The fourth-order valence-corrected chi connectivity index (χ4v) is 4.16. The molecule has 0 spiro atoms. The third-order valence-corrected chi connectivity index (χ3v) is 6.04. The summed E-state index contributed by atoms with van der Waals surface area (Å²) in [7, 11) is 0. The molecule has 2 heterocycles. The quantitative estimate of drug-likeness (QED) is 0.567. The van der Waals surface area contributed by atoms with Crippen LogP contribution in [0, 0.1) is 13.8 Å². The zero-order valence-electron chi connectivity index (χ0n) is 19.6. The molecule has 2 atom stereocenters. The summed E-state index contributed by atoms with van der Waals surface area (Å²) in [6, 6.07) is 4.14. The topological polar surface area (TPSA) is 106 Å². The van der Waals surface area contributed by atoms with Crippen molar-refractivity contribution in [3.05, 3.63) is 46.5 Å². The van der Waals surface area contributed by atoms with Gasteiger partial charge in [0.2, 0.25) is 5.95 Å². The van der Waals surface area contributed by atoms with Gasteiger partial charge in [-0.1, -0.05) is 19.9 Å². The number of nitrogen functional groups attached to an aromatic ring is 1. The third kappa shape index (κ3) is 5.60. The molecule has 2 aromatic heterocycles. The van der Waals surface area contributed by atoms with E-state index < -0.39 is 5.54 Å². The summed E-state index contributed by atoms with van der Waals surface area (Å²) in [5.74, 6) is 0.629. The van der Waals surface area contributed by atoms with Crippen molar-refractivity contribution in [3.63, 3.8) is 0 Å². The van der Waals surface area contributed by atoms with Crippen molar-refractivity contribution in [2.24, 2.45) is 5.73 Å². The van der Waals surface area contributed by atoms with Crippen molar-refractivity contribution in [3.8, 4) is 0 Å². The van der Waals surface area contributed by atoms with Crippen LogP contribution < -0.4 is 16.8 Å². The first-order valence-electron chi connectivity index (χ1n) is 11.3. The summed E-state index contributed by atoms with van der Waals surface area (Å²) in [4.78, 5) is 16.4. The lowest BCUT2D eigenvalue weighted by molar-refractivity contribution is 0.295. The Labute approximate surface area is 186 Å². The van der Waals surface area contributed by atoms with Gasteiger partial charge in [0.15, 0.2) is 0 Å². The van der Waals surface area contributed by atoms with Crippen molar-refractivity contribution in [2.45, 2.75) is 65.5 Å². The van der Waals surface area contributed by atoms with E-state index in [1.807, 2.05) is 38.1 Å². The van der Waals surface area contributed by atoms with Crippen LogP contribution in [-0.2, 0) is 12.0 Å². The number of hydrogen-bond acceptors (Lipinski definition) is 7. The molecule has 0 amide bonds. The molecule has 0 fully saturated rings. The van der Waals surface area contributed by atoms with E-state index in [0.717, 1.165) is 66.5 Å². The molecule has 0 saturated carbocycles. The van der Waals surface area contributed by atoms with Crippen molar-refractivity contribution in [2.75, 3.05) is 30.7 Å². The van der Waals surface area contributed by atoms with Crippen LogP contribution in [-0.4, -0.2) is 45.5 Å². The van der Waals surface area contributed by atoms with E-state index in [2.05, 4.69) is 41.0 Å². The number of pyridine rings is 1. The van der Waals surface area contributed by atoms with Crippen molar-refractivity contribution >= 4 is 17.7 Å². The van der Waals surface area contributed by atoms with E-state index in [0.29, 0.717) is 12.4 Å². The summed E-state index contributed by atoms with van der Waals surface area (Å²) in [6.07, 6.45) is 6.71. The minimum atomic E-state index is -0.742. The van der Waals surface area contributed by atoms with Gasteiger partial charge >= 0.3 is 0 Å². The van der Waals surface area contributed by atoms with Crippen molar-refractivity contribution < 1.29 is 0 Å². The second-order valence-electron chi connectivity index (χ2n) is 8.70. The zero-order valence-corrected chi connectivity index (χ0v) is 19.6. The fourth-order valence-electron chi connectivity index (χ4n) is 4.16. The Morgan fingerprint density at radius 2 is 1.84 bits per heavy atom. The molecule has 2 unspecified atom stereocenters. The van der Waals surface area contributed by atoms with Crippen LogP contribution in [0.15, 0.2) is 18.2 Å². The van der Waals surface area contributed by atoms with Crippen molar-refractivity contribution in [1.29, 1.82) is 0 Å². The molecule has 2 aromatic rings. The lowest BCUT2D eigenvalue weighted by atomic mass is 9.82. The fraction of sp³-hybridized carbons (Fsp3) is 0.542. The number of nitrogens with two attached hydrogens (primary N) is 2. The van der Waals surface area contributed by atoms with Crippen LogP contribution in [0.4, 0.5) is 11.6 Å². The number of aromatic nitrogens is 3. The minimum Gasteiger partial charge on any atom is -0.398 e.